The second kappa shape index (κ2) is 31.6. The summed E-state index contributed by atoms with van der Waals surface area (Å²) >= 11 is 0. The van der Waals surface area contributed by atoms with Gasteiger partial charge in [0, 0.05) is 25.7 Å². The van der Waals surface area contributed by atoms with E-state index in [1.165, 1.54) is 128 Å². The van der Waals surface area contributed by atoms with E-state index in [4.69, 9.17) is 15.2 Å². The number of hydrogen-bond donors (Lipinski definition) is 3. The lowest BCUT2D eigenvalue weighted by atomic mass is 9.61. The molecule has 0 aliphatic heterocycles. The van der Waals surface area contributed by atoms with E-state index in [-0.39, 0.29) is 6.61 Å². The van der Waals surface area contributed by atoms with Crippen molar-refractivity contribution in [2.75, 3.05) is 26.9 Å². The number of methoxy groups -OCH3 is 1. The Hall–Kier alpha value is -0.690. The highest BCUT2D eigenvalue weighted by Gasteiger charge is 2.55. The van der Waals surface area contributed by atoms with Crippen molar-refractivity contribution in [3.05, 3.63) is 0 Å². The minimum Gasteiger partial charge on any atom is -0.394 e. The molecule has 3 atom stereocenters. The third-order valence-corrected chi connectivity index (χ3v) is 10.4. The highest BCUT2D eigenvalue weighted by molar-refractivity contribution is 5.84. The molecule has 3 unspecified atom stereocenters. The summed E-state index contributed by atoms with van der Waals surface area (Å²) < 4.78 is 12.1. The number of rotatable bonds is 37. The maximum atomic E-state index is 13.1. The van der Waals surface area contributed by atoms with Crippen LogP contribution in [-0.2, 0) is 14.3 Å². The molecule has 0 aromatic heterocycles. The summed E-state index contributed by atoms with van der Waals surface area (Å²) in [6.45, 7) is 7.63. The van der Waals surface area contributed by atoms with Gasteiger partial charge in [-0.3, -0.25) is 4.79 Å². The Balaban J connectivity index is 4.72. The summed E-state index contributed by atoms with van der Waals surface area (Å²) in [5.74, 6) is -0.457. The van der Waals surface area contributed by atoms with E-state index in [2.05, 4.69) is 13.8 Å². The molecule has 0 heterocycles. The molecule has 0 saturated heterocycles. The lowest BCUT2D eigenvalue weighted by molar-refractivity contribution is -0.173. The van der Waals surface area contributed by atoms with Crippen LogP contribution in [0.5, 0.6) is 0 Å². The van der Waals surface area contributed by atoms with Crippen LogP contribution in [0.4, 0.5) is 0 Å². The van der Waals surface area contributed by atoms with Crippen LogP contribution in [0.1, 0.15) is 207 Å². The molecule has 6 nitrogen and oxygen atoms in total. The van der Waals surface area contributed by atoms with Crippen molar-refractivity contribution < 1.29 is 24.5 Å². The lowest BCUT2D eigenvalue weighted by Crippen LogP contribution is -2.59. The molecule has 0 rings (SSSR count). The average Bonchev–Trinajstić information content (AvgIpc) is 3.05. The minimum absolute atomic E-state index is 0.302. The Morgan fingerprint density at radius 2 is 0.978 bits per heavy atom. The quantitative estimate of drug-likeness (QED) is 0.0578. The molecule has 0 bridgehead atoms. The molecule has 276 valence electrons. The maximum Gasteiger partial charge on any atom is 0.250 e. The number of primary amides is 1. The average molecular weight is 656 g/mol. The zero-order chi connectivity index (χ0) is 34.2. The van der Waals surface area contributed by atoms with E-state index in [0.717, 1.165) is 45.1 Å². The molecule has 46 heavy (non-hydrogen) atoms. The Kier molecular flexibility index (Phi) is 31.1. The molecule has 4 N–H and O–H groups in total. The van der Waals surface area contributed by atoms with E-state index in [1.807, 2.05) is 6.92 Å². The number of amides is 1. The smallest absolute Gasteiger partial charge is 0.250 e. The fourth-order valence-electron chi connectivity index (χ4n) is 7.62. The molecule has 6 heteroatoms. The van der Waals surface area contributed by atoms with Gasteiger partial charge in [0.2, 0.25) is 5.91 Å². The fourth-order valence-corrected chi connectivity index (χ4v) is 7.62. The molecule has 0 aromatic rings. The van der Waals surface area contributed by atoms with Gasteiger partial charge in [-0.05, 0) is 38.5 Å². The first-order valence-corrected chi connectivity index (χ1v) is 20.1. The van der Waals surface area contributed by atoms with Crippen LogP contribution in [0.25, 0.3) is 0 Å². The molecule has 0 radical (unpaired) electrons. The van der Waals surface area contributed by atoms with E-state index >= 15 is 0 Å². The highest BCUT2D eigenvalue weighted by Crippen LogP contribution is 2.49. The summed E-state index contributed by atoms with van der Waals surface area (Å²) in [5, 5.41) is 20.5. The van der Waals surface area contributed by atoms with E-state index in [9.17, 15) is 15.0 Å². The molecule has 0 fully saturated rings. The lowest BCUT2D eigenvalue weighted by Gasteiger charge is -2.49. The predicted molar refractivity (Wildman–Crippen MR) is 196 cm³/mol. The number of carbonyl (C=O) groups excluding carboxylic acids is 1. The Morgan fingerprint density at radius 1 is 0.587 bits per heavy atom. The van der Waals surface area contributed by atoms with Crippen LogP contribution in [0.2, 0.25) is 0 Å². The zero-order valence-corrected chi connectivity index (χ0v) is 31.4. The van der Waals surface area contributed by atoms with Gasteiger partial charge < -0.3 is 25.4 Å². The van der Waals surface area contributed by atoms with Crippen molar-refractivity contribution >= 4 is 5.91 Å². The maximum absolute atomic E-state index is 13.1. The number of carbonyl (C=O) groups is 1. The number of hydrogen-bond acceptors (Lipinski definition) is 5. The first-order valence-electron chi connectivity index (χ1n) is 20.1. The third kappa shape index (κ3) is 20.6. The van der Waals surface area contributed by atoms with E-state index < -0.39 is 23.0 Å². The van der Waals surface area contributed by atoms with Crippen LogP contribution >= 0.6 is 0 Å². The number of ether oxygens (including phenoxy) is 2. The van der Waals surface area contributed by atoms with Gasteiger partial charge in [0.1, 0.15) is 0 Å². The number of aliphatic hydroxyl groups is 2. The fraction of sp³-hybridized carbons (Fsp3) is 0.975. The van der Waals surface area contributed by atoms with Crippen molar-refractivity contribution in [2.45, 2.75) is 219 Å². The normalized spacial score (nSPS) is 15.1. The van der Waals surface area contributed by atoms with Gasteiger partial charge in [0.25, 0.3) is 0 Å². The summed E-state index contributed by atoms with van der Waals surface area (Å²) in [4.78, 5) is 13.1. The largest absolute Gasteiger partial charge is 0.394 e. The molecular weight excluding hydrogens is 574 g/mol. The van der Waals surface area contributed by atoms with Gasteiger partial charge in [-0.25, -0.2) is 0 Å². The Bertz CT molecular complexity index is 662. The summed E-state index contributed by atoms with van der Waals surface area (Å²) in [7, 11) is 1.59. The molecule has 0 spiro atoms. The van der Waals surface area contributed by atoms with Gasteiger partial charge in [0.15, 0.2) is 5.60 Å². The number of nitrogens with two attached hydrogens (primary N) is 1. The molecule has 0 aromatic carbocycles. The summed E-state index contributed by atoms with van der Waals surface area (Å²) in [5.41, 5.74) is 4.29. The van der Waals surface area contributed by atoms with Crippen LogP contribution in [0.3, 0.4) is 0 Å². The van der Waals surface area contributed by atoms with Crippen LogP contribution in [0.15, 0.2) is 0 Å². The standard InChI is InChI=1S/C40H81NO5/c1-5-8-10-12-14-16-17-18-19-20-22-24-26-28-33-46-34-29-32-39(35-37(43)36-42,40(45-4,30-7-3)38(41)44)31-27-25-23-21-15-13-11-9-6-2/h37,42-43H,5-36H2,1-4H3,(H2,41,44). The Morgan fingerprint density at radius 3 is 1.37 bits per heavy atom. The summed E-state index contributed by atoms with van der Waals surface area (Å²) in [6.07, 6.45) is 32.7. The molecule has 0 saturated carbocycles. The second-order valence-electron chi connectivity index (χ2n) is 14.4. The van der Waals surface area contributed by atoms with E-state index in [1.54, 1.807) is 7.11 Å². The zero-order valence-electron chi connectivity index (χ0n) is 31.4. The number of unbranched alkanes of at least 4 members (excludes halogenated alkanes) is 21. The molecule has 1 amide bonds. The van der Waals surface area contributed by atoms with Gasteiger partial charge in [-0.2, -0.15) is 0 Å². The first-order chi connectivity index (χ1) is 22.4. The van der Waals surface area contributed by atoms with Crippen molar-refractivity contribution in [3.63, 3.8) is 0 Å². The molecule has 0 aliphatic rings. The second-order valence-corrected chi connectivity index (χ2v) is 14.4. The molecular formula is C40H81NO5. The van der Waals surface area contributed by atoms with Crippen molar-refractivity contribution in [2.24, 2.45) is 11.1 Å². The predicted octanol–water partition coefficient (Wildman–Crippen LogP) is 10.6. The van der Waals surface area contributed by atoms with Gasteiger partial charge in [-0.15, -0.1) is 0 Å². The topological polar surface area (TPSA) is 102 Å². The van der Waals surface area contributed by atoms with Crippen LogP contribution in [0, 0.1) is 5.41 Å². The SMILES string of the molecule is CCCCCCCCCCCCCCCCOCCCC(CCCCCCCCCCC)(CC(O)CO)C(CCC)(OC)C(N)=O. The summed E-state index contributed by atoms with van der Waals surface area (Å²) in [6, 6.07) is 0. The Labute approximate surface area is 286 Å². The van der Waals surface area contributed by atoms with Crippen molar-refractivity contribution in [3.8, 4) is 0 Å². The number of aliphatic hydroxyl groups excluding tert-OH is 2. The van der Waals surface area contributed by atoms with Gasteiger partial charge in [-0.1, -0.05) is 168 Å². The van der Waals surface area contributed by atoms with Gasteiger partial charge >= 0.3 is 0 Å². The first kappa shape index (κ1) is 45.3. The van der Waals surface area contributed by atoms with E-state index in [0.29, 0.717) is 25.9 Å². The van der Waals surface area contributed by atoms with Crippen LogP contribution < -0.4 is 5.73 Å². The van der Waals surface area contributed by atoms with Crippen molar-refractivity contribution in [1.82, 2.24) is 0 Å². The molecule has 0 aliphatic carbocycles. The monoisotopic (exact) mass is 656 g/mol. The van der Waals surface area contributed by atoms with Gasteiger partial charge in [0.05, 0.1) is 12.7 Å². The third-order valence-electron chi connectivity index (χ3n) is 10.4. The highest BCUT2D eigenvalue weighted by atomic mass is 16.5. The van der Waals surface area contributed by atoms with Crippen molar-refractivity contribution in [1.29, 1.82) is 0 Å². The van der Waals surface area contributed by atoms with Crippen LogP contribution in [-0.4, -0.2) is 54.8 Å². The minimum atomic E-state index is -1.17.